The third-order valence-corrected chi connectivity index (χ3v) is 4.22. The third kappa shape index (κ3) is 3.54. The summed E-state index contributed by atoms with van der Waals surface area (Å²) in [4.78, 5) is 23.3. The van der Waals surface area contributed by atoms with Crippen molar-refractivity contribution in [3.8, 4) is 0 Å². The first kappa shape index (κ1) is 14.5. The Balaban J connectivity index is 2.06. The standard InChI is InChI=1S/C13H14BClNO2S/c1-2-3-4-19-7-12(17)8-5-9-11(6-10(8)15)16-13(18)14-9/h5-6H,2-4,7H2,1H3,(H,16,18). The molecule has 99 valence electrons. The summed E-state index contributed by atoms with van der Waals surface area (Å²) in [5.41, 5.74) is 1.90. The summed E-state index contributed by atoms with van der Waals surface area (Å²) in [5, 5.41) is 3.07. The number of carbonyl (C=O) groups excluding carboxylic acids is 2. The number of amides is 1. The number of halogens is 1. The molecule has 1 aliphatic heterocycles. The van der Waals surface area contributed by atoms with Gasteiger partial charge in [0.15, 0.2) is 11.6 Å². The highest BCUT2D eigenvalue weighted by atomic mass is 35.5. The number of benzene rings is 1. The molecule has 1 aromatic carbocycles. The van der Waals surface area contributed by atoms with Crippen molar-refractivity contribution in [1.82, 2.24) is 0 Å². The highest BCUT2D eigenvalue weighted by Crippen LogP contribution is 2.23. The summed E-state index contributed by atoms with van der Waals surface area (Å²) in [6.45, 7) is 2.12. The zero-order chi connectivity index (χ0) is 13.8. The van der Waals surface area contributed by atoms with Gasteiger partial charge in [-0.25, -0.2) is 0 Å². The predicted octanol–water partition coefficient (Wildman–Crippen LogP) is 2.93. The van der Waals surface area contributed by atoms with Crippen LogP contribution in [0.5, 0.6) is 0 Å². The number of rotatable bonds is 6. The maximum atomic E-state index is 12.1. The van der Waals surface area contributed by atoms with Crippen LogP contribution in [0.4, 0.5) is 10.5 Å². The van der Waals surface area contributed by atoms with Gasteiger partial charge in [0.25, 0.3) is 7.28 Å². The fourth-order valence-electron chi connectivity index (χ4n) is 1.83. The molecular weight excluding hydrogens is 280 g/mol. The van der Waals surface area contributed by atoms with Gasteiger partial charge in [-0.05, 0) is 18.2 Å². The highest BCUT2D eigenvalue weighted by molar-refractivity contribution is 7.99. The normalized spacial score (nSPS) is 12.8. The quantitative estimate of drug-likeness (QED) is 0.498. The Morgan fingerprint density at radius 1 is 1.47 bits per heavy atom. The maximum absolute atomic E-state index is 12.1. The summed E-state index contributed by atoms with van der Waals surface area (Å²) >= 11 is 7.72. The van der Waals surface area contributed by atoms with Gasteiger partial charge in [-0.2, -0.15) is 11.8 Å². The van der Waals surface area contributed by atoms with E-state index in [4.69, 9.17) is 11.6 Å². The van der Waals surface area contributed by atoms with Crippen LogP contribution in [0.15, 0.2) is 12.1 Å². The molecule has 0 bridgehead atoms. The lowest BCUT2D eigenvalue weighted by atomic mass is 9.71. The Kier molecular flexibility index (Phi) is 4.94. The summed E-state index contributed by atoms with van der Waals surface area (Å²) in [5.74, 6) is 1.26. The van der Waals surface area contributed by atoms with Crippen LogP contribution in [0.2, 0.25) is 5.02 Å². The van der Waals surface area contributed by atoms with Crippen LogP contribution >= 0.6 is 23.4 Å². The molecule has 0 atom stereocenters. The van der Waals surface area contributed by atoms with Gasteiger partial charge in [-0.15, -0.1) is 0 Å². The number of carbonyl (C=O) groups is 2. The molecule has 1 amide bonds. The van der Waals surface area contributed by atoms with E-state index in [1.165, 1.54) is 7.28 Å². The SMILES string of the molecule is CCCCSCC(=O)c1cc2c(cc1Cl)NC(=O)[B]2. The molecule has 0 unspecified atom stereocenters. The Bertz CT molecular complexity index is 522. The van der Waals surface area contributed by atoms with Crippen molar-refractivity contribution in [2.45, 2.75) is 19.8 Å². The van der Waals surface area contributed by atoms with E-state index >= 15 is 0 Å². The second-order valence-corrected chi connectivity index (χ2v) is 5.89. The molecule has 0 fully saturated rings. The Morgan fingerprint density at radius 3 is 3.00 bits per heavy atom. The average molecular weight is 295 g/mol. The molecule has 3 nitrogen and oxygen atoms in total. The Morgan fingerprint density at radius 2 is 2.26 bits per heavy atom. The lowest BCUT2D eigenvalue weighted by molar-refractivity contribution is 0.102. The topological polar surface area (TPSA) is 46.2 Å². The maximum Gasteiger partial charge on any atom is 0.274 e. The van der Waals surface area contributed by atoms with E-state index in [0.29, 0.717) is 22.0 Å². The fourth-order valence-corrected chi connectivity index (χ4v) is 3.08. The van der Waals surface area contributed by atoms with Crippen LogP contribution in [0, 0.1) is 0 Å². The number of hydrogen-bond donors (Lipinski definition) is 1. The minimum atomic E-state index is -0.173. The zero-order valence-corrected chi connectivity index (χ0v) is 12.2. The fraction of sp³-hybridized carbons (Fsp3) is 0.385. The van der Waals surface area contributed by atoms with Crippen LogP contribution in [0.25, 0.3) is 0 Å². The summed E-state index contributed by atoms with van der Waals surface area (Å²) in [6.07, 6.45) is 2.24. The van der Waals surface area contributed by atoms with E-state index in [1.54, 1.807) is 23.9 Å². The lowest BCUT2D eigenvalue weighted by Crippen LogP contribution is -2.17. The van der Waals surface area contributed by atoms with Gasteiger partial charge in [-0.3, -0.25) is 9.59 Å². The molecule has 0 saturated heterocycles. The van der Waals surface area contributed by atoms with Gasteiger partial charge in [0, 0.05) is 11.3 Å². The van der Waals surface area contributed by atoms with Crippen LogP contribution in [0.3, 0.4) is 0 Å². The summed E-state index contributed by atoms with van der Waals surface area (Å²) in [7, 11) is 1.48. The van der Waals surface area contributed by atoms with Gasteiger partial charge in [0.05, 0.1) is 10.8 Å². The average Bonchev–Trinajstić information content (AvgIpc) is 2.72. The van der Waals surface area contributed by atoms with Gasteiger partial charge in [-0.1, -0.05) is 36.5 Å². The van der Waals surface area contributed by atoms with Gasteiger partial charge in [0.1, 0.15) is 0 Å². The second-order valence-electron chi connectivity index (χ2n) is 4.38. The van der Waals surface area contributed by atoms with Crippen LogP contribution in [-0.4, -0.2) is 30.4 Å². The van der Waals surface area contributed by atoms with Crippen molar-refractivity contribution in [2.75, 3.05) is 16.8 Å². The lowest BCUT2D eigenvalue weighted by Gasteiger charge is -2.07. The number of nitrogens with one attached hydrogen (secondary N) is 1. The van der Waals surface area contributed by atoms with Crippen LogP contribution in [-0.2, 0) is 0 Å². The molecule has 1 heterocycles. The molecule has 1 aliphatic rings. The molecule has 0 aromatic heterocycles. The number of ketones is 1. The highest BCUT2D eigenvalue weighted by Gasteiger charge is 2.23. The molecule has 2 rings (SSSR count). The summed E-state index contributed by atoms with van der Waals surface area (Å²) in [6, 6.07) is 3.33. The number of unbranched alkanes of at least 4 members (excludes halogenated alkanes) is 1. The van der Waals surface area contributed by atoms with Crippen molar-refractivity contribution in [3.63, 3.8) is 0 Å². The van der Waals surface area contributed by atoms with E-state index in [1.807, 2.05) is 0 Å². The monoisotopic (exact) mass is 294 g/mol. The van der Waals surface area contributed by atoms with E-state index in [2.05, 4.69) is 12.2 Å². The predicted molar refractivity (Wildman–Crippen MR) is 82.4 cm³/mol. The van der Waals surface area contributed by atoms with Crippen molar-refractivity contribution < 1.29 is 9.59 Å². The van der Waals surface area contributed by atoms with E-state index in [-0.39, 0.29) is 11.6 Å². The molecule has 0 saturated carbocycles. The number of anilines is 1. The second kappa shape index (κ2) is 6.48. The molecule has 0 aliphatic carbocycles. The number of hydrogen-bond acceptors (Lipinski definition) is 3. The molecule has 1 radical (unpaired) electrons. The molecule has 6 heteroatoms. The third-order valence-electron chi connectivity index (χ3n) is 2.86. The van der Waals surface area contributed by atoms with Crippen molar-refractivity contribution in [1.29, 1.82) is 0 Å². The molecular formula is C13H14BClNO2S. The van der Waals surface area contributed by atoms with Crippen molar-refractivity contribution in [2.24, 2.45) is 0 Å². The van der Waals surface area contributed by atoms with Crippen molar-refractivity contribution in [3.05, 3.63) is 22.7 Å². The minimum absolute atomic E-state index is 0.0154. The van der Waals surface area contributed by atoms with Crippen LogP contribution in [0.1, 0.15) is 30.1 Å². The Hall–Kier alpha value is -0.935. The number of thioether (sulfide) groups is 1. The smallest absolute Gasteiger partial charge is 0.274 e. The zero-order valence-electron chi connectivity index (χ0n) is 10.7. The van der Waals surface area contributed by atoms with E-state index < -0.39 is 0 Å². The molecule has 19 heavy (non-hydrogen) atoms. The minimum Gasteiger partial charge on any atom is -0.335 e. The molecule has 1 N–H and O–H groups in total. The van der Waals surface area contributed by atoms with Gasteiger partial charge in [0.2, 0.25) is 0 Å². The van der Waals surface area contributed by atoms with E-state index in [0.717, 1.165) is 24.1 Å². The van der Waals surface area contributed by atoms with Gasteiger partial charge < -0.3 is 5.32 Å². The first-order chi connectivity index (χ1) is 9.11. The van der Waals surface area contributed by atoms with Gasteiger partial charge >= 0.3 is 0 Å². The molecule has 1 aromatic rings. The number of Topliss-reactive ketones (excluding diaryl/α,β-unsaturated/α-hetero) is 1. The molecule has 0 spiro atoms. The van der Waals surface area contributed by atoms with Crippen LogP contribution < -0.4 is 10.8 Å². The number of fused-ring (bicyclic) bond motifs is 1. The first-order valence-electron chi connectivity index (χ1n) is 6.22. The van der Waals surface area contributed by atoms with Crippen molar-refractivity contribution >= 4 is 53.4 Å². The Labute approximate surface area is 122 Å². The summed E-state index contributed by atoms with van der Waals surface area (Å²) < 4.78 is 0. The largest absolute Gasteiger partial charge is 0.335 e. The van der Waals surface area contributed by atoms with E-state index in [9.17, 15) is 9.59 Å². The first-order valence-corrected chi connectivity index (χ1v) is 7.75.